The van der Waals surface area contributed by atoms with Gasteiger partial charge in [0, 0.05) is 39.1 Å². The number of aryl methyl sites for hydroxylation is 1. The lowest BCUT2D eigenvalue weighted by Crippen LogP contribution is -2.33. The number of carbonyl (C=O) groups is 1. The van der Waals surface area contributed by atoms with Crippen LogP contribution < -0.4 is 5.32 Å². The molecule has 0 saturated heterocycles. The van der Waals surface area contributed by atoms with Gasteiger partial charge in [-0.2, -0.15) is 0 Å². The number of pyridine rings is 1. The van der Waals surface area contributed by atoms with Gasteiger partial charge in [0.1, 0.15) is 0 Å². The maximum Gasteiger partial charge on any atom is 0.253 e. The Hall–Kier alpha value is -1.20. The van der Waals surface area contributed by atoms with Crippen molar-refractivity contribution >= 4 is 33.2 Å². The summed E-state index contributed by atoms with van der Waals surface area (Å²) in [5, 5.41) is 2.99. The molecule has 1 amide bonds. The van der Waals surface area contributed by atoms with E-state index in [1.807, 2.05) is 6.92 Å². The molecule has 19 heavy (non-hydrogen) atoms. The Morgan fingerprint density at radius 1 is 1.47 bits per heavy atom. The van der Waals surface area contributed by atoms with Crippen LogP contribution in [0.2, 0.25) is 0 Å². The summed E-state index contributed by atoms with van der Waals surface area (Å²) in [6, 6.07) is 6.09. The molecule has 0 aliphatic rings. The molecule has 0 saturated carbocycles. The molecule has 1 N–H and O–H groups in total. The first kappa shape index (κ1) is 14.2. The Labute approximate surface area is 125 Å². The van der Waals surface area contributed by atoms with Gasteiger partial charge in [0.2, 0.25) is 0 Å². The second-order valence-electron chi connectivity index (χ2n) is 4.48. The monoisotopic (exact) mass is 338 g/mol. The van der Waals surface area contributed by atoms with Crippen molar-refractivity contribution in [3.8, 4) is 0 Å². The van der Waals surface area contributed by atoms with Crippen LogP contribution in [-0.4, -0.2) is 16.9 Å². The van der Waals surface area contributed by atoms with E-state index in [1.165, 1.54) is 9.75 Å². The van der Waals surface area contributed by atoms with Crippen LogP contribution in [0.1, 0.15) is 27.0 Å². The quantitative estimate of drug-likeness (QED) is 0.925. The van der Waals surface area contributed by atoms with Gasteiger partial charge >= 0.3 is 0 Å². The summed E-state index contributed by atoms with van der Waals surface area (Å²) in [7, 11) is 0. The molecule has 100 valence electrons. The maximum atomic E-state index is 12.0. The van der Waals surface area contributed by atoms with Crippen molar-refractivity contribution in [2.45, 2.75) is 26.3 Å². The van der Waals surface area contributed by atoms with E-state index >= 15 is 0 Å². The van der Waals surface area contributed by atoms with E-state index in [4.69, 9.17) is 0 Å². The first-order valence-corrected chi connectivity index (χ1v) is 7.62. The van der Waals surface area contributed by atoms with Crippen molar-refractivity contribution in [3.05, 3.63) is 50.4 Å². The minimum absolute atomic E-state index is 0.0884. The Bertz CT molecular complexity index is 582. The predicted octanol–water partition coefficient (Wildman–Crippen LogP) is 3.58. The highest BCUT2D eigenvalue weighted by molar-refractivity contribution is 9.10. The zero-order chi connectivity index (χ0) is 13.8. The number of nitrogens with one attached hydrogen (secondary N) is 1. The molecule has 2 aromatic rings. The first-order valence-electron chi connectivity index (χ1n) is 6.01. The molecule has 0 aliphatic heterocycles. The summed E-state index contributed by atoms with van der Waals surface area (Å²) in [4.78, 5) is 18.6. The van der Waals surface area contributed by atoms with E-state index in [1.54, 1.807) is 29.8 Å². The molecule has 0 radical (unpaired) electrons. The van der Waals surface area contributed by atoms with Crippen molar-refractivity contribution in [2.75, 3.05) is 0 Å². The second kappa shape index (κ2) is 6.30. The standard InChI is InChI=1S/C14H15BrN2OS/c1-9(5-13-4-3-10(2)19-13)17-14(18)11-6-12(15)8-16-7-11/h3-4,6-9H,5H2,1-2H3,(H,17,18)/t9-/m1/s1. The third kappa shape index (κ3) is 4.14. The third-order valence-electron chi connectivity index (χ3n) is 2.65. The van der Waals surface area contributed by atoms with Crippen molar-refractivity contribution < 1.29 is 4.79 Å². The molecule has 3 nitrogen and oxygen atoms in total. The lowest BCUT2D eigenvalue weighted by Gasteiger charge is -2.12. The Balaban J connectivity index is 1.95. The van der Waals surface area contributed by atoms with Crippen LogP contribution in [0, 0.1) is 6.92 Å². The number of thiophene rings is 1. The maximum absolute atomic E-state index is 12.0. The number of rotatable bonds is 4. The zero-order valence-corrected chi connectivity index (χ0v) is 13.2. The molecule has 0 aliphatic carbocycles. The van der Waals surface area contributed by atoms with Gasteiger partial charge < -0.3 is 5.32 Å². The highest BCUT2D eigenvalue weighted by Crippen LogP contribution is 2.17. The summed E-state index contributed by atoms with van der Waals surface area (Å²) in [5.41, 5.74) is 0.573. The lowest BCUT2D eigenvalue weighted by molar-refractivity contribution is 0.0940. The van der Waals surface area contributed by atoms with E-state index in [0.29, 0.717) is 5.56 Å². The minimum atomic E-state index is -0.0884. The molecule has 0 bridgehead atoms. The zero-order valence-electron chi connectivity index (χ0n) is 10.8. The van der Waals surface area contributed by atoms with Crippen molar-refractivity contribution in [1.29, 1.82) is 0 Å². The molecule has 2 rings (SSSR count). The molecular formula is C14H15BrN2OS. The van der Waals surface area contributed by atoms with Crippen LogP contribution in [0.3, 0.4) is 0 Å². The van der Waals surface area contributed by atoms with E-state index in [-0.39, 0.29) is 11.9 Å². The number of amides is 1. The van der Waals surface area contributed by atoms with Crippen LogP contribution in [0.15, 0.2) is 35.1 Å². The van der Waals surface area contributed by atoms with Gasteiger partial charge in [-0.25, -0.2) is 0 Å². The minimum Gasteiger partial charge on any atom is -0.349 e. The lowest BCUT2D eigenvalue weighted by atomic mass is 10.2. The summed E-state index contributed by atoms with van der Waals surface area (Å²) in [6.07, 6.45) is 4.09. The summed E-state index contributed by atoms with van der Waals surface area (Å²) >= 11 is 5.08. The van der Waals surface area contributed by atoms with Gasteiger partial charge in [0.15, 0.2) is 0 Å². The highest BCUT2D eigenvalue weighted by atomic mass is 79.9. The largest absolute Gasteiger partial charge is 0.349 e. The molecule has 0 aromatic carbocycles. The second-order valence-corrected chi connectivity index (χ2v) is 6.77. The SMILES string of the molecule is Cc1ccc(C[C@@H](C)NC(=O)c2cncc(Br)c2)s1. The number of hydrogen-bond acceptors (Lipinski definition) is 3. The molecule has 0 fully saturated rings. The van der Waals surface area contributed by atoms with E-state index < -0.39 is 0 Å². The average Bonchev–Trinajstić information content (AvgIpc) is 2.74. The molecule has 2 heterocycles. The van der Waals surface area contributed by atoms with E-state index in [9.17, 15) is 4.79 Å². The fourth-order valence-corrected chi connectivity index (χ4v) is 3.17. The average molecular weight is 339 g/mol. The molecule has 2 aromatic heterocycles. The summed E-state index contributed by atoms with van der Waals surface area (Å²) in [5.74, 6) is -0.0884. The number of aromatic nitrogens is 1. The van der Waals surface area contributed by atoms with E-state index in [0.717, 1.165) is 10.9 Å². The van der Waals surface area contributed by atoms with Crippen LogP contribution in [0.5, 0.6) is 0 Å². The number of carbonyl (C=O) groups excluding carboxylic acids is 1. The van der Waals surface area contributed by atoms with Crippen molar-refractivity contribution in [2.24, 2.45) is 0 Å². The Morgan fingerprint density at radius 2 is 2.26 bits per heavy atom. The molecule has 5 heteroatoms. The van der Waals surface area contributed by atoms with Gasteiger partial charge in [-0.05, 0) is 48.0 Å². The van der Waals surface area contributed by atoms with Gasteiger partial charge in [-0.15, -0.1) is 11.3 Å². The third-order valence-corrected chi connectivity index (χ3v) is 4.10. The number of halogens is 1. The van der Waals surface area contributed by atoms with Gasteiger partial charge in [0.05, 0.1) is 5.56 Å². The summed E-state index contributed by atoms with van der Waals surface area (Å²) < 4.78 is 0.807. The fraction of sp³-hybridized carbons (Fsp3) is 0.286. The molecular weight excluding hydrogens is 324 g/mol. The topological polar surface area (TPSA) is 42.0 Å². The predicted molar refractivity (Wildman–Crippen MR) is 81.6 cm³/mol. The van der Waals surface area contributed by atoms with Crippen LogP contribution in [-0.2, 0) is 6.42 Å². The fourth-order valence-electron chi connectivity index (χ4n) is 1.79. The van der Waals surface area contributed by atoms with Crippen LogP contribution in [0.25, 0.3) is 0 Å². The van der Waals surface area contributed by atoms with Gasteiger partial charge in [-0.1, -0.05) is 0 Å². The van der Waals surface area contributed by atoms with E-state index in [2.05, 4.69) is 45.3 Å². The van der Waals surface area contributed by atoms with Crippen LogP contribution in [0.4, 0.5) is 0 Å². The smallest absolute Gasteiger partial charge is 0.253 e. The normalized spacial score (nSPS) is 12.2. The van der Waals surface area contributed by atoms with Crippen molar-refractivity contribution in [1.82, 2.24) is 10.3 Å². The van der Waals surface area contributed by atoms with Gasteiger partial charge in [-0.3, -0.25) is 9.78 Å². The molecule has 0 unspecified atom stereocenters. The van der Waals surface area contributed by atoms with Crippen molar-refractivity contribution in [3.63, 3.8) is 0 Å². The number of hydrogen-bond donors (Lipinski definition) is 1. The van der Waals surface area contributed by atoms with Gasteiger partial charge in [0.25, 0.3) is 5.91 Å². The Kier molecular flexibility index (Phi) is 4.71. The Morgan fingerprint density at radius 3 is 2.89 bits per heavy atom. The molecule has 1 atom stereocenters. The highest BCUT2D eigenvalue weighted by Gasteiger charge is 2.11. The number of nitrogens with zero attached hydrogens (tertiary/aromatic N) is 1. The van der Waals surface area contributed by atoms with Crippen LogP contribution >= 0.6 is 27.3 Å². The summed E-state index contributed by atoms with van der Waals surface area (Å²) in [6.45, 7) is 4.10. The molecule has 0 spiro atoms. The first-order chi connectivity index (χ1) is 9.04.